The molecule has 0 rings (SSSR count). The number of ether oxygens (including phenoxy) is 2. The van der Waals surface area contributed by atoms with Crippen molar-refractivity contribution in [2.45, 2.75) is 168 Å². The van der Waals surface area contributed by atoms with Crippen molar-refractivity contribution in [3.8, 4) is 0 Å². The van der Waals surface area contributed by atoms with E-state index in [1.54, 1.807) is 0 Å². The highest BCUT2D eigenvalue weighted by Gasteiger charge is 1.97. The summed E-state index contributed by atoms with van der Waals surface area (Å²) in [6, 6.07) is 0. The third-order valence-electron chi connectivity index (χ3n) is 6.82. The maximum absolute atomic E-state index is 10.8. The summed E-state index contributed by atoms with van der Waals surface area (Å²) in [6.07, 6.45) is 34.3. The third-order valence-corrected chi connectivity index (χ3v) is 6.82. The van der Waals surface area contributed by atoms with Gasteiger partial charge in [-0.2, -0.15) is 0 Å². The lowest BCUT2D eigenvalue weighted by Crippen LogP contribution is -2.01. The molecule has 0 aromatic carbocycles. The second kappa shape index (κ2) is 35.4. The summed E-state index contributed by atoms with van der Waals surface area (Å²) in [5.74, 6) is -0.607. The van der Waals surface area contributed by atoms with Gasteiger partial charge in [0.1, 0.15) is 0 Å². The predicted molar refractivity (Wildman–Crippen MR) is 164 cm³/mol. The number of rotatable bonds is 28. The van der Waals surface area contributed by atoms with E-state index in [9.17, 15) is 9.59 Å². The van der Waals surface area contributed by atoms with E-state index in [2.05, 4.69) is 27.0 Å². The molecule has 0 fully saturated rings. The second-order valence-corrected chi connectivity index (χ2v) is 10.5. The van der Waals surface area contributed by atoms with Crippen LogP contribution in [0.5, 0.6) is 0 Å². The summed E-state index contributed by atoms with van der Waals surface area (Å²) in [4.78, 5) is 21.5. The van der Waals surface area contributed by atoms with Gasteiger partial charge in [0.2, 0.25) is 0 Å². The van der Waals surface area contributed by atoms with Gasteiger partial charge < -0.3 is 9.47 Å². The molecule has 224 valence electrons. The van der Waals surface area contributed by atoms with Gasteiger partial charge in [-0.3, -0.25) is 0 Å². The van der Waals surface area contributed by atoms with E-state index in [0.717, 1.165) is 19.3 Å². The van der Waals surface area contributed by atoms with Gasteiger partial charge in [-0.15, -0.1) is 0 Å². The van der Waals surface area contributed by atoms with Crippen LogP contribution in [0.15, 0.2) is 25.3 Å². The van der Waals surface area contributed by atoms with Crippen molar-refractivity contribution in [2.75, 3.05) is 13.2 Å². The van der Waals surface area contributed by atoms with Crippen molar-refractivity contribution >= 4 is 11.9 Å². The lowest BCUT2D eigenvalue weighted by atomic mass is 10.0. The van der Waals surface area contributed by atoms with Crippen molar-refractivity contribution in [3.05, 3.63) is 25.3 Å². The van der Waals surface area contributed by atoms with E-state index in [0.29, 0.717) is 13.2 Å². The quantitative estimate of drug-likeness (QED) is 0.0567. The van der Waals surface area contributed by atoms with Crippen molar-refractivity contribution in [1.29, 1.82) is 0 Å². The van der Waals surface area contributed by atoms with Crippen molar-refractivity contribution in [1.82, 2.24) is 0 Å². The van der Waals surface area contributed by atoms with Crippen LogP contribution in [0, 0.1) is 0 Å². The van der Waals surface area contributed by atoms with Crippen LogP contribution in [0.25, 0.3) is 0 Å². The lowest BCUT2D eigenvalue weighted by molar-refractivity contribution is -0.138. The molecule has 0 saturated carbocycles. The molecule has 0 aliphatic carbocycles. The highest BCUT2D eigenvalue weighted by atomic mass is 16.5. The first-order valence-corrected chi connectivity index (χ1v) is 16.2. The monoisotopic (exact) mass is 536 g/mol. The molecule has 0 aromatic heterocycles. The first kappa shape index (κ1) is 38.6. The maximum atomic E-state index is 10.8. The Morgan fingerprint density at radius 1 is 0.421 bits per heavy atom. The molecule has 4 heteroatoms. The summed E-state index contributed by atoms with van der Waals surface area (Å²) in [5, 5.41) is 0. The molecule has 0 heterocycles. The zero-order chi connectivity index (χ0) is 28.4. The lowest BCUT2D eigenvalue weighted by Gasteiger charge is -2.04. The molecule has 0 aliphatic rings. The molecule has 38 heavy (non-hydrogen) atoms. The fourth-order valence-electron chi connectivity index (χ4n) is 4.35. The SMILES string of the molecule is C=CC(=O)OCCCCCCCCCC.C=CC(=O)OCCCCCCCCCCCCCCCCCC. The van der Waals surface area contributed by atoms with Gasteiger partial charge in [0, 0.05) is 12.2 Å². The van der Waals surface area contributed by atoms with Crippen molar-refractivity contribution in [3.63, 3.8) is 0 Å². The van der Waals surface area contributed by atoms with E-state index >= 15 is 0 Å². The predicted octanol–water partition coefficient (Wildman–Crippen LogP) is 10.8. The number of carbonyl (C=O) groups is 2. The molecule has 0 aromatic rings. The molecule has 0 aliphatic heterocycles. The Hall–Kier alpha value is -1.58. The van der Waals surface area contributed by atoms with Crippen LogP contribution in [-0.2, 0) is 19.1 Å². The van der Waals surface area contributed by atoms with Gasteiger partial charge >= 0.3 is 11.9 Å². The van der Waals surface area contributed by atoms with Crippen molar-refractivity contribution in [2.24, 2.45) is 0 Å². The Labute approximate surface area is 237 Å². The number of unbranched alkanes of at least 4 members (excludes halogenated alkanes) is 22. The van der Waals surface area contributed by atoms with Crippen LogP contribution >= 0.6 is 0 Å². The Morgan fingerprint density at radius 3 is 0.842 bits per heavy atom. The fraction of sp³-hybridized carbons (Fsp3) is 0.824. The second-order valence-electron chi connectivity index (χ2n) is 10.5. The van der Waals surface area contributed by atoms with Crippen LogP contribution in [0.3, 0.4) is 0 Å². The summed E-state index contributed by atoms with van der Waals surface area (Å²) in [7, 11) is 0. The molecule has 0 N–H and O–H groups in total. The fourth-order valence-corrected chi connectivity index (χ4v) is 4.35. The highest BCUT2D eigenvalue weighted by molar-refractivity contribution is 5.81. The topological polar surface area (TPSA) is 52.6 Å². The molecular formula is C34H64O4. The molecule has 0 radical (unpaired) electrons. The normalized spacial score (nSPS) is 10.4. The molecule has 0 unspecified atom stereocenters. The minimum atomic E-state index is -0.307. The van der Waals surface area contributed by atoms with E-state index in [1.807, 2.05) is 0 Å². The average molecular weight is 537 g/mol. The average Bonchev–Trinajstić information content (AvgIpc) is 2.93. The Morgan fingerprint density at radius 2 is 0.632 bits per heavy atom. The number of hydrogen-bond acceptors (Lipinski definition) is 4. The van der Waals surface area contributed by atoms with Gasteiger partial charge in [-0.1, -0.05) is 168 Å². The van der Waals surface area contributed by atoms with Gasteiger partial charge in [-0.05, 0) is 12.8 Å². The van der Waals surface area contributed by atoms with Crippen molar-refractivity contribution < 1.29 is 19.1 Å². The van der Waals surface area contributed by atoms with E-state index < -0.39 is 0 Å². The number of hydrogen-bond donors (Lipinski definition) is 0. The zero-order valence-corrected chi connectivity index (χ0v) is 25.6. The smallest absolute Gasteiger partial charge is 0.330 e. The largest absolute Gasteiger partial charge is 0.463 e. The van der Waals surface area contributed by atoms with Crippen LogP contribution in [-0.4, -0.2) is 25.2 Å². The van der Waals surface area contributed by atoms with Crippen LogP contribution in [0.2, 0.25) is 0 Å². The first-order chi connectivity index (χ1) is 18.6. The van der Waals surface area contributed by atoms with Gasteiger partial charge in [0.25, 0.3) is 0 Å². The standard InChI is InChI=1S/C21H40O2.C13H24O2/c1-3-5-6-7-8-9-10-11-12-13-14-15-16-17-18-19-20-23-21(22)4-2;1-3-5-6-7-8-9-10-11-12-15-13(14)4-2/h4H,2-3,5-20H2,1H3;4H,2-3,5-12H2,1H3. The molecule has 0 amide bonds. The van der Waals surface area contributed by atoms with E-state index in [1.165, 1.54) is 147 Å². The van der Waals surface area contributed by atoms with Gasteiger partial charge in [-0.25, -0.2) is 9.59 Å². The van der Waals surface area contributed by atoms with Gasteiger partial charge in [0.05, 0.1) is 13.2 Å². The summed E-state index contributed by atoms with van der Waals surface area (Å²) in [5.41, 5.74) is 0. The molecule has 0 spiro atoms. The third kappa shape index (κ3) is 36.6. The summed E-state index contributed by atoms with van der Waals surface area (Å²) >= 11 is 0. The Balaban J connectivity index is 0. The Kier molecular flexibility index (Phi) is 35.9. The molecule has 0 bridgehead atoms. The Bertz CT molecular complexity index is 515. The van der Waals surface area contributed by atoms with E-state index in [4.69, 9.17) is 9.47 Å². The van der Waals surface area contributed by atoms with Crippen LogP contribution in [0.4, 0.5) is 0 Å². The molecule has 4 nitrogen and oxygen atoms in total. The zero-order valence-electron chi connectivity index (χ0n) is 25.6. The summed E-state index contributed by atoms with van der Waals surface area (Å²) < 4.78 is 9.83. The van der Waals surface area contributed by atoms with Crippen LogP contribution in [0.1, 0.15) is 168 Å². The first-order valence-electron chi connectivity index (χ1n) is 16.2. The van der Waals surface area contributed by atoms with Gasteiger partial charge in [0.15, 0.2) is 0 Å². The molecule has 0 saturated heterocycles. The minimum Gasteiger partial charge on any atom is -0.463 e. The summed E-state index contributed by atoms with van der Waals surface area (Å²) in [6.45, 7) is 12.3. The maximum Gasteiger partial charge on any atom is 0.330 e. The van der Waals surface area contributed by atoms with E-state index in [-0.39, 0.29) is 11.9 Å². The molecular weight excluding hydrogens is 472 g/mol. The highest BCUT2D eigenvalue weighted by Crippen LogP contribution is 2.13. The number of carbonyl (C=O) groups excluding carboxylic acids is 2. The minimum absolute atomic E-state index is 0.300. The number of esters is 2. The van der Waals surface area contributed by atoms with Crippen LogP contribution < -0.4 is 0 Å². The molecule has 0 atom stereocenters.